The zero-order valence-electron chi connectivity index (χ0n) is 5.24. The molecule has 1 aromatic rings. The third-order valence-corrected chi connectivity index (χ3v) is 1.17. The molecule has 9 heavy (non-hydrogen) atoms. The average molecular weight is 124 g/mol. The van der Waals surface area contributed by atoms with Gasteiger partial charge in [-0.3, -0.25) is 9.48 Å². The number of hydrogen-bond donors (Lipinski definition) is 0. The normalized spacial score (nSPS) is 9.44. The predicted octanol–water partition coefficient (Wildman–Crippen LogP) is 0.716. The third kappa shape index (κ3) is 0.988. The standard InChI is InChI=1S/C6H8N2O/c1-2-8-6(5-9)3-4-7-8/h3-5H,2H2,1H3. The molecule has 0 N–H and O–H groups in total. The second-order valence-electron chi connectivity index (χ2n) is 1.69. The van der Waals surface area contributed by atoms with E-state index in [1.807, 2.05) is 6.92 Å². The Morgan fingerprint density at radius 3 is 3.11 bits per heavy atom. The van der Waals surface area contributed by atoms with Gasteiger partial charge in [0.1, 0.15) is 5.69 Å². The maximum atomic E-state index is 10.2. The van der Waals surface area contributed by atoms with E-state index in [4.69, 9.17) is 0 Å². The molecule has 3 nitrogen and oxygen atoms in total. The fourth-order valence-corrected chi connectivity index (χ4v) is 0.707. The van der Waals surface area contributed by atoms with Crippen molar-refractivity contribution in [2.24, 2.45) is 0 Å². The lowest BCUT2D eigenvalue weighted by Crippen LogP contribution is -2.00. The molecule has 0 amide bonds. The molecular formula is C6H8N2O. The van der Waals surface area contributed by atoms with Crippen molar-refractivity contribution in [1.29, 1.82) is 0 Å². The van der Waals surface area contributed by atoms with Crippen molar-refractivity contribution in [3.8, 4) is 0 Å². The first-order valence-electron chi connectivity index (χ1n) is 2.85. The van der Waals surface area contributed by atoms with E-state index in [1.54, 1.807) is 16.9 Å². The van der Waals surface area contributed by atoms with Crippen LogP contribution in [0.25, 0.3) is 0 Å². The highest BCUT2D eigenvalue weighted by molar-refractivity contribution is 5.71. The van der Waals surface area contributed by atoms with Crippen LogP contribution in [0.15, 0.2) is 12.3 Å². The summed E-state index contributed by atoms with van der Waals surface area (Å²) < 4.78 is 1.65. The number of carbonyl (C=O) groups is 1. The zero-order valence-corrected chi connectivity index (χ0v) is 5.24. The van der Waals surface area contributed by atoms with Gasteiger partial charge in [0.05, 0.1) is 0 Å². The highest BCUT2D eigenvalue weighted by Crippen LogP contribution is 1.92. The van der Waals surface area contributed by atoms with Crippen molar-refractivity contribution in [3.63, 3.8) is 0 Å². The Kier molecular flexibility index (Phi) is 1.63. The molecule has 0 saturated carbocycles. The average Bonchev–Trinajstić information content (AvgIpc) is 2.33. The Bertz CT molecular complexity index is 205. The predicted molar refractivity (Wildman–Crippen MR) is 33.3 cm³/mol. The number of hydrogen-bond acceptors (Lipinski definition) is 2. The summed E-state index contributed by atoms with van der Waals surface area (Å²) in [6.07, 6.45) is 2.42. The Morgan fingerprint density at radius 1 is 1.89 bits per heavy atom. The molecule has 0 aliphatic rings. The maximum Gasteiger partial charge on any atom is 0.168 e. The van der Waals surface area contributed by atoms with E-state index in [1.165, 1.54) is 0 Å². The Balaban J connectivity index is 2.98. The minimum Gasteiger partial charge on any atom is -0.296 e. The van der Waals surface area contributed by atoms with E-state index in [0.717, 1.165) is 12.8 Å². The second kappa shape index (κ2) is 2.44. The van der Waals surface area contributed by atoms with Gasteiger partial charge in [0.2, 0.25) is 0 Å². The summed E-state index contributed by atoms with van der Waals surface area (Å²) in [6, 6.07) is 1.69. The molecule has 0 radical (unpaired) electrons. The highest BCUT2D eigenvalue weighted by Gasteiger charge is 1.94. The molecule has 0 saturated heterocycles. The van der Waals surface area contributed by atoms with Gasteiger partial charge in [0, 0.05) is 12.7 Å². The van der Waals surface area contributed by atoms with E-state index < -0.39 is 0 Å². The second-order valence-corrected chi connectivity index (χ2v) is 1.69. The quantitative estimate of drug-likeness (QED) is 0.544. The molecule has 48 valence electrons. The molecule has 1 aromatic heterocycles. The van der Waals surface area contributed by atoms with Gasteiger partial charge in [0.15, 0.2) is 6.29 Å². The summed E-state index contributed by atoms with van der Waals surface area (Å²) in [4.78, 5) is 10.2. The monoisotopic (exact) mass is 124 g/mol. The summed E-state index contributed by atoms with van der Waals surface area (Å²) in [5.41, 5.74) is 0.637. The first kappa shape index (κ1) is 6.01. The lowest BCUT2D eigenvalue weighted by atomic mass is 10.5. The smallest absolute Gasteiger partial charge is 0.168 e. The van der Waals surface area contributed by atoms with Crippen LogP contribution in [-0.2, 0) is 6.54 Å². The first-order valence-corrected chi connectivity index (χ1v) is 2.85. The molecule has 1 rings (SSSR count). The summed E-state index contributed by atoms with van der Waals surface area (Å²) in [5.74, 6) is 0. The first-order chi connectivity index (χ1) is 4.38. The van der Waals surface area contributed by atoms with Crippen LogP contribution in [0.3, 0.4) is 0 Å². The van der Waals surface area contributed by atoms with Gasteiger partial charge in [-0.05, 0) is 13.0 Å². The van der Waals surface area contributed by atoms with Crippen LogP contribution in [0.2, 0.25) is 0 Å². The van der Waals surface area contributed by atoms with E-state index in [-0.39, 0.29) is 0 Å². The van der Waals surface area contributed by atoms with E-state index in [9.17, 15) is 4.79 Å². The highest BCUT2D eigenvalue weighted by atomic mass is 16.1. The maximum absolute atomic E-state index is 10.2. The minimum atomic E-state index is 0.637. The third-order valence-electron chi connectivity index (χ3n) is 1.17. The van der Waals surface area contributed by atoms with Crippen LogP contribution >= 0.6 is 0 Å². The molecule has 0 fully saturated rings. The lowest BCUT2D eigenvalue weighted by Gasteiger charge is -1.94. The molecule has 0 aliphatic carbocycles. The van der Waals surface area contributed by atoms with Crippen LogP contribution in [-0.4, -0.2) is 16.1 Å². The Morgan fingerprint density at radius 2 is 2.67 bits per heavy atom. The van der Waals surface area contributed by atoms with Crippen molar-refractivity contribution in [2.75, 3.05) is 0 Å². The van der Waals surface area contributed by atoms with Gasteiger partial charge in [-0.25, -0.2) is 0 Å². The molecule has 3 heteroatoms. The molecule has 0 spiro atoms. The van der Waals surface area contributed by atoms with Gasteiger partial charge < -0.3 is 0 Å². The van der Waals surface area contributed by atoms with Crippen LogP contribution in [0.5, 0.6) is 0 Å². The van der Waals surface area contributed by atoms with Gasteiger partial charge in [-0.2, -0.15) is 5.10 Å². The van der Waals surface area contributed by atoms with Crippen molar-refractivity contribution >= 4 is 6.29 Å². The summed E-state index contributed by atoms with van der Waals surface area (Å²) in [5, 5.41) is 3.89. The number of rotatable bonds is 2. The Labute approximate surface area is 53.3 Å². The molecule has 0 bridgehead atoms. The van der Waals surface area contributed by atoms with Crippen molar-refractivity contribution < 1.29 is 4.79 Å². The number of aldehydes is 1. The van der Waals surface area contributed by atoms with Crippen LogP contribution in [0.1, 0.15) is 17.4 Å². The topological polar surface area (TPSA) is 34.9 Å². The van der Waals surface area contributed by atoms with Crippen LogP contribution in [0.4, 0.5) is 0 Å². The largest absolute Gasteiger partial charge is 0.296 e. The molecule has 1 heterocycles. The summed E-state index contributed by atoms with van der Waals surface area (Å²) in [6.45, 7) is 2.70. The van der Waals surface area contributed by atoms with E-state index in [0.29, 0.717) is 5.69 Å². The van der Waals surface area contributed by atoms with Crippen molar-refractivity contribution in [3.05, 3.63) is 18.0 Å². The number of nitrogens with zero attached hydrogens (tertiary/aromatic N) is 2. The fourth-order valence-electron chi connectivity index (χ4n) is 0.707. The van der Waals surface area contributed by atoms with Crippen molar-refractivity contribution in [1.82, 2.24) is 9.78 Å². The fraction of sp³-hybridized carbons (Fsp3) is 0.333. The summed E-state index contributed by atoms with van der Waals surface area (Å²) in [7, 11) is 0. The zero-order chi connectivity index (χ0) is 6.69. The van der Waals surface area contributed by atoms with Gasteiger partial charge in [-0.1, -0.05) is 0 Å². The van der Waals surface area contributed by atoms with Crippen molar-refractivity contribution in [2.45, 2.75) is 13.5 Å². The number of aromatic nitrogens is 2. The van der Waals surface area contributed by atoms with Crippen LogP contribution in [0, 0.1) is 0 Å². The molecule has 0 atom stereocenters. The van der Waals surface area contributed by atoms with Crippen LogP contribution < -0.4 is 0 Å². The van der Waals surface area contributed by atoms with Gasteiger partial charge in [-0.15, -0.1) is 0 Å². The molecular weight excluding hydrogens is 116 g/mol. The molecule has 0 aromatic carbocycles. The van der Waals surface area contributed by atoms with Gasteiger partial charge >= 0.3 is 0 Å². The molecule has 0 aliphatic heterocycles. The number of aryl methyl sites for hydroxylation is 1. The number of carbonyl (C=O) groups excluding carboxylic acids is 1. The van der Waals surface area contributed by atoms with Gasteiger partial charge in [0.25, 0.3) is 0 Å². The lowest BCUT2D eigenvalue weighted by molar-refractivity contribution is 0.111. The minimum absolute atomic E-state index is 0.637. The van der Waals surface area contributed by atoms with E-state index >= 15 is 0 Å². The Hall–Kier alpha value is -1.12. The van der Waals surface area contributed by atoms with E-state index in [2.05, 4.69) is 5.10 Å². The molecule has 0 unspecified atom stereocenters. The summed E-state index contributed by atoms with van der Waals surface area (Å²) >= 11 is 0. The SMILES string of the molecule is CCn1nccc1C=O.